The van der Waals surface area contributed by atoms with Crippen LogP contribution in [-0.4, -0.2) is 49.4 Å². The van der Waals surface area contributed by atoms with Crippen LogP contribution in [0.25, 0.3) is 0 Å². The third-order valence-corrected chi connectivity index (χ3v) is 3.12. The SMILES string of the molecule is C/C=C\C1=C(C)CN(CC(=NC=C(C)C)N(C)C)C1. The molecule has 0 N–H and O–H groups in total. The van der Waals surface area contributed by atoms with Gasteiger partial charge < -0.3 is 4.90 Å². The summed E-state index contributed by atoms with van der Waals surface area (Å²) in [5.74, 6) is 1.11. The standard InChI is InChI=1S/C16H27N3/c1-7-8-15-11-19(10-14(15)4)12-16(18(5)6)17-9-13(2)3/h7-9H,10-12H2,1-6H3/b8-7-,17-16?. The maximum absolute atomic E-state index is 4.58. The Kier molecular flexibility index (Phi) is 6.03. The summed E-state index contributed by atoms with van der Waals surface area (Å²) in [5, 5.41) is 0. The molecule has 0 spiro atoms. The van der Waals surface area contributed by atoms with Crippen molar-refractivity contribution in [3.05, 3.63) is 35.1 Å². The molecular formula is C16H27N3. The van der Waals surface area contributed by atoms with Gasteiger partial charge in [-0.2, -0.15) is 0 Å². The number of aliphatic imine (C=N–C) groups is 1. The average Bonchev–Trinajstić information content (AvgIpc) is 2.65. The summed E-state index contributed by atoms with van der Waals surface area (Å²) in [7, 11) is 4.11. The van der Waals surface area contributed by atoms with Gasteiger partial charge in [0.1, 0.15) is 5.84 Å². The Morgan fingerprint density at radius 3 is 2.53 bits per heavy atom. The molecule has 1 aliphatic heterocycles. The smallest absolute Gasteiger partial charge is 0.118 e. The molecule has 0 aromatic rings. The summed E-state index contributed by atoms with van der Waals surface area (Å²) in [6, 6.07) is 0. The number of rotatable bonds is 4. The second kappa shape index (κ2) is 7.29. The van der Waals surface area contributed by atoms with Gasteiger partial charge in [0.25, 0.3) is 0 Å². The average molecular weight is 261 g/mol. The minimum Gasteiger partial charge on any atom is -0.365 e. The summed E-state index contributed by atoms with van der Waals surface area (Å²) in [6.07, 6.45) is 6.28. The first kappa shape index (κ1) is 15.7. The third kappa shape index (κ3) is 5.03. The van der Waals surface area contributed by atoms with Crippen molar-refractivity contribution in [2.75, 3.05) is 33.7 Å². The largest absolute Gasteiger partial charge is 0.365 e. The van der Waals surface area contributed by atoms with E-state index in [1.165, 1.54) is 16.7 Å². The van der Waals surface area contributed by atoms with Crippen LogP contribution in [0.1, 0.15) is 27.7 Å². The predicted molar refractivity (Wildman–Crippen MR) is 84.5 cm³/mol. The van der Waals surface area contributed by atoms with Gasteiger partial charge in [0.05, 0.1) is 6.54 Å². The lowest BCUT2D eigenvalue weighted by Crippen LogP contribution is -2.35. The molecule has 3 heteroatoms. The van der Waals surface area contributed by atoms with Crippen LogP contribution in [-0.2, 0) is 0 Å². The molecule has 19 heavy (non-hydrogen) atoms. The van der Waals surface area contributed by atoms with Crippen LogP contribution in [0.5, 0.6) is 0 Å². The summed E-state index contributed by atoms with van der Waals surface area (Å²) < 4.78 is 0. The van der Waals surface area contributed by atoms with E-state index in [4.69, 9.17) is 0 Å². The number of hydrogen-bond acceptors (Lipinski definition) is 2. The minimum absolute atomic E-state index is 0.898. The van der Waals surface area contributed by atoms with Gasteiger partial charge in [-0.25, -0.2) is 4.99 Å². The Labute approximate surface area is 118 Å². The van der Waals surface area contributed by atoms with Crippen molar-refractivity contribution in [1.82, 2.24) is 9.80 Å². The summed E-state index contributed by atoms with van der Waals surface area (Å²) in [4.78, 5) is 9.12. The fraction of sp³-hybridized carbons (Fsp3) is 0.562. The van der Waals surface area contributed by atoms with Crippen LogP contribution in [0.4, 0.5) is 0 Å². The van der Waals surface area contributed by atoms with Gasteiger partial charge in [-0.1, -0.05) is 23.3 Å². The van der Waals surface area contributed by atoms with Gasteiger partial charge in [0.2, 0.25) is 0 Å². The molecule has 0 saturated heterocycles. The molecule has 0 aliphatic carbocycles. The van der Waals surface area contributed by atoms with Gasteiger partial charge in [-0.05, 0) is 33.3 Å². The lowest BCUT2D eigenvalue weighted by molar-refractivity contribution is 0.381. The Hall–Kier alpha value is -1.35. The lowest BCUT2D eigenvalue weighted by atomic mass is 10.2. The highest BCUT2D eigenvalue weighted by Crippen LogP contribution is 2.18. The molecule has 3 nitrogen and oxygen atoms in total. The maximum Gasteiger partial charge on any atom is 0.118 e. The zero-order valence-corrected chi connectivity index (χ0v) is 13.2. The molecule has 0 fully saturated rings. The van der Waals surface area contributed by atoms with Crippen molar-refractivity contribution in [3.8, 4) is 0 Å². The Balaban J connectivity index is 2.69. The predicted octanol–water partition coefficient (Wildman–Crippen LogP) is 3.08. The van der Waals surface area contributed by atoms with E-state index in [2.05, 4.69) is 68.7 Å². The van der Waals surface area contributed by atoms with E-state index in [1.54, 1.807) is 0 Å². The van der Waals surface area contributed by atoms with Crippen molar-refractivity contribution in [2.45, 2.75) is 27.7 Å². The molecule has 0 aromatic carbocycles. The molecule has 1 aliphatic rings. The molecule has 1 rings (SSSR count). The molecule has 0 bridgehead atoms. The molecule has 0 amide bonds. The molecule has 106 valence electrons. The highest BCUT2D eigenvalue weighted by molar-refractivity contribution is 5.84. The third-order valence-electron chi connectivity index (χ3n) is 3.12. The van der Waals surface area contributed by atoms with Crippen LogP contribution >= 0.6 is 0 Å². The van der Waals surface area contributed by atoms with Gasteiger partial charge in [-0.15, -0.1) is 0 Å². The van der Waals surface area contributed by atoms with E-state index in [0.29, 0.717) is 0 Å². The molecule has 0 atom stereocenters. The summed E-state index contributed by atoms with van der Waals surface area (Å²) in [6.45, 7) is 11.4. The zero-order chi connectivity index (χ0) is 14.4. The van der Waals surface area contributed by atoms with Crippen LogP contribution in [0.3, 0.4) is 0 Å². The first-order valence-electron chi connectivity index (χ1n) is 6.85. The number of amidine groups is 1. The summed E-state index contributed by atoms with van der Waals surface area (Å²) >= 11 is 0. The first-order chi connectivity index (χ1) is 8.93. The number of likely N-dealkylation sites (N-methyl/N-ethyl adjacent to an activating group) is 1. The van der Waals surface area contributed by atoms with E-state index in [9.17, 15) is 0 Å². The lowest BCUT2D eigenvalue weighted by Gasteiger charge is -2.22. The Morgan fingerprint density at radius 1 is 1.32 bits per heavy atom. The van der Waals surface area contributed by atoms with Crippen LogP contribution in [0, 0.1) is 0 Å². The first-order valence-corrected chi connectivity index (χ1v) is 6.85. The quantitative estimate of drug-likeness (QED) is 0.572. The molecule has 0 unspecified atom stereocenters. The van der Waals surface area contributed by atoms with E-state index in [1.807, 2.05) is 6.20 Å². The van der Waals surface area contributed by atoms with Gasteiger partial charge >= 0.3 is 0 Å². The van der Waals surface area contributed by atoms with Crippen molar-refractivity contribution in [3.63, 3.8) is 0 Å². The molecule has 0 saturated carbocycles. The topological polar surface area (TPSA) is 18.8 Å². The normalized spacial score (nSPS) is 17.5. The number of nitrogens with zero attached hydrogens (tertiary/aromatic N) is 3. The van der Waals surface area contributed by atoms with Crippen LogP contribution in [0.15, 0.2) is 40.1 Å². The molecular weight excluding hydrogens is 234 g/mol. The van der Waals surface area contributed by atoms with Gasteiger partial charge in [-0.3, -0.25) is 4.90 Å². The fourth-order valence-electron chi connectivity index (χ4n) is 2.08. The van der Waals surface area contributed by atoms with E-state index < -0.39 is 0 Å². The monoisotopic (exact) mass is 261 g/mol. The van der Waals surface area contributed by atoms with Gasteiger partial charge in [0.15, 0.2) is 0 Å². The second-order valence-electron chi connectivity index (χ2n) is 5.60. The second-order valence-corrected chi connectivity index (χ2v) is 5.60. The zero-order valence-electron chi connectivity index (χ0n) is 13.2. The van der Waals surface area contributed by atoms with Crippen LogP contribution < -0.4 is 0 Å². The van der Waals surface area contributed by atoms with Crippen LogP contribution in [0.2, 0.25) is 0 Å². The Bertz CT molecular complexity index is 421. The van der Waals surface area contributed by atoms with Crippen molar-refractivity contribution in [1.29, 1.82) is 0 Å². The molecule has 0 radical (unpaired) electrons. The number of allylic oxidation sites excluding steroid dienone is 2. The molecule has 0 aromatic heterocycles. The summed E-state index contributed by atoms with van der Waals surface area (Å²) in [5.41, 5.74) is 4.14. The fourth-order valence-corrected chi connectivity index (χ4v) is 2.08. The minimum atomic E-state index is 0.898. The van der Waals surface area contributed by atoms with E-state index in [-0.39, 0.29) is 0 Å². The highest BCUT2D eigenvalue weighted by Gasteiger charge is 2.19. The van der Waals surface area contributed by atoms with Crippen molar-refractivity contribution < 1.29 is 0 Å². The van der Waals surface area contributed by atoms with Gasteiger partial charge in [0, 0.05) is 33.4 Å². The molecule has 1 heterocycles. The maximum atomic E-state index is 4.58. The van der Waals surface area contributed by atoms with Crippen molar-refractivity contribution in [2.24, 2.45) is 4.99 Å². The Morgan fingerprint density at radius 2 is 2.00 bits per heavy atom. The van der Waals surface area contributed by atoms with E-state index >= 15 is 0 Å². The number of hydrogen-bond donors (Lipinski definition) is 0. The van der Waals surface area contributed by atoms with E-state index in [0.717, 1.165) is 25.5 Å². The van der Waals surface area contributed by atoms with Crippen molar-refractivity contribution >= 4 is 5.84 Å². The highest BCUT2D eigenvalue weighted by atomic mass is 15.2.